The third-order valence-corrected chi connectivity index (χ3v) is 8.16. The number of alkyl halides is 30. The zero-order valence-electron chi connectivity index (χ0n) is 30.7. The first-order valence-corrected chi connectivity index (χ1v) is 15.7. The van der Waals surface area contributed by atoms with Crippen molar-refractivity contribution in [3.8, 4) is 23.0 Å². The number of hydrogen-bond acceptors (Lipinski definition) is 5. The Labute approximate surface area is 353 Å². The number of nitrogen functional groups attached to an aromatic ring is 2. The highest BCUT2D eigenvalue weighted by Gasteiger charge is 2.95. The Morgan fingerprint density at radius 1 is 0.319 bits per heavy atom. The number of nitrogens with two attached hydrogens (primary N) is 2. The van der Waals surface area contributed by atoms with Gasteiger partial charge in [0.15, 0.2) is 11.5 Å². The van der Waals surface area contributed by atoms with Gasteiger partial charge in [0.1, 0.15) is 11.5 Å². The van der Waals surface area contributed by atoms with Gasteiger partial charge in [0.2, 0.25) is 11.7 Å². The summed E-state index contributed by atoms with van der Waals surface area (Å²) in [6.07, 6.45) is -16.0. The molecule has 0 radical (unpaired) electrons. The summed E-state index contributed by atoms with van der Waals surface area (Å²) in [5.41, 5.74) is 7.67. The molecule has 396 valence electrons. The molecule has 0 unspecified atom stereocenters. The second-order valence-corrected chi connectivity index (χ2v) is 12.8. The Kier molecular flexibility index (Phi) is 14.8. The van der Waals surface area contributed by atoms with Gasteiger partial charge in [-0.2, -0.15) is 149 Å². The summed E-state index contributed by atoms with van der Waals surface area (Å²) in [5, 5.41) is 0. The maximum atomic E-state index is 14.4. The van der Waals surface area contributed by atoms with Crippen LogP contribution in [-0.4, -0.2) is 83.4 Å². The lowest BCUT2D eigenvalue weighted by Gasteiger charge is -2.41. The third kappa shape index (κ3) is 8.89. The predicted molar refractivity (Wildman–Crippen MR) is 153 cm³/mol. The standard InChI is InChI=1S/C30H10F34N2O3/c31-13(17(35,36)19(39,40)21(43,44)23(47,48)25(51,52)27(55,56)29(59,60)61)15(33)68-11-5-7(1-3-9(11)65)67-8-2-4-10(66)12(6-8)69-16(34)14(32)18(37,38)20(41,42)22(45,46)24(49,50)26(53,54)28(57,58)30(62,63)64/h1-6H,65-66H2. The van der Waals surface area contributed by atoms with E-state index in [9.17, 15) is 149 Å². The Morgan fingerprint density at radius 3 is 0.768 bits per heavy atom. The lowest BCUT2D eigenvalue weighted by Crippen LogP contribution is -2.72. The topological polar surface area (TPSA) is 79.7 Å². The summed E-state index contributed by atoms with van der Waals surface area (Å²) >= 11 is 0. The minimum Gasteiger partial charge on any atom is -0.457 e. The van der Waals surface area contributed by atoms with E-state index in [1.54, 1.807) is 0 Å². The van der Waals surface area contributed by atoms with Crippen LogP contribution in [-0.2, 0) is 0 Å². The van der Waals surface area contributed by atoms with Crippen LogP contribution >= 0.6 is 0 Å². The monoisotopic (exact) mass is 1090 g/mol. The lowest BCUT2D eigenvalue weighted by atomic mass is 9.91. The number of rotatable bonds is 18. The van der Waals surface area contributed by atoms with Crippen LogP contribution in [0.5, 0.6) is 23.0 Å². The molecule has 2 aromatic rings. The second kappa shape index (κ2) is 17.1. The highest BCUT2D eigenvalue weighted by Crippen LogP contribution is 2.65. The van der Waals surface area contributed by atoms with Crippen molar-refractivity contribution in [2.45, 2.75) is 83.4 Å². The smallest absolute Gasteiger partial charge is 0.457 e. The average Bonchev–Trinajstić information content (AvgIpc) is 3.17. The van der Waals surface area contributed by atoms with Gasteiger partial charge in [0.05, 0.1) is 11.4 Å². The van der Waals surface area contributed by atoms with E-state index in [1.807, 2.05) is 0 Å². The van der Waals surface area contributed by atoms with E-state index in [2.05, 4.69) is 9.47 Å². The molecule has 0 amide bonds. The van der Waals surface area contributed by atoms with Gasteiger partial charge in [-0.25, -0.2) is 0 Å². The first-order valence-electron chi connectivity index (χ1n) is 15.7. The average molecular weight is 1090 g/mol. The van der Waals surface area contributed by atoms with Crippen LogP contribution in [0.4, 0.5) is 161 Å². The third-order valence-electron chi connectivity index (χ3n) is 8.16. The van der Waals surface area contributed by atoms with Crippen LogP contribution in [0.3, 0.4) is 0 Å². The van der Waals surface area contributed by atoms with Crippen LogP contribution in [0.25, 0.3) is 0 Å². The van der Waals surface area contributed by atoms with Gasteiger partial charge in [-0.3, -0.25) is 0 Å². The highest BCUT2D eigenvalue weighted by atomic mass is 19.4. The summed E-state index contributed by atoms with van der Waals surface area (Å²) in [6.45, 7) is 0. The lowest BCUT2D eigenvalue weighted by molar-refractivity contribution is -0.451. The predicted octanol–water partition coefficient (Wildman–Crippen LogP) is 14.4. The van der Waals surface area contributed by atoms with Crippen LogP contribution < -0.4 is 25.7 Å². The number of hydrogen-bond donors (Lipinski definition) is 2. The highest BCUT2D eigenvalue weighted by molar-refractivity contribution is 5.59. The summed E-state index contributed by atoms with van der Waals surface area (Å²) in [6, 6.07) is -7.16. The van der Waals surface area contributed by atoms with E-state index in [1.165, 1.54) is 0 Å². The summed E-state index contributed by atoms with van der Waals surface area (Å²) in [4.78, 5) is 0. The molecule has 0 spiro atoms. The Bertz CT molecular complexity index is 2140. The Balaban J connectivity index is 2.56. The molecule has 0 saturated carbocycles. The van der Waals surface area contributed by atoms with Crippen LogP contribution in [0, 0.1) is 0 Å². The summed E-state index contributed by atoms with van der Waals surface area (Å²) in [7, 11) is 0. The molecule has 0 saturated heterocycles. The molecule has 5 nitrogen and oxygen atoms in total. The molecule has 0 fully saturated rings. The van der Waals surface area contributed by atoms with Gasteiger partial charge in [-0.15, -0.1) is 0 Å². The van der Waals surface area contributed by atoms with Gasteiger partial charge >= 0.3 is 95.4 Å². The van der Waals surface area contributed by atoms with E-state index in [4.69, 9.17) is 16.2 Å². The summed E-state index contributed by atoms with van der Waals surface area (Å²) < 4.78 is 472. The largest absolute Gasteiger partial charge is 0.460 e. The van der Waals surface area contributed by atoms with Crippen molar-refractivity contribution in [2.24, 2.45) is 0 Å². The molecule has 0 bridgehead atoms. The fraction of sp³-hybridized carbons (Fsp3) is 0.467. The molecule has 0 aliphatic heterocycles. The van der Waals surface area contributed by atoms with Gasteiger partial charge < -0.3 is 25.7 Å². The van der Waals surface area contributed by atoms with Gasteiger partial charge in [-0.1, -0.05) is 0 Å². The minimum atomic E-state index is -8.95. The first-order chi connectivity index (χ1) is 30.1. The molecular formula is C30H10F34N2O3. The molecule has 0 aliphatic carbocycles. The fourth-order valence-electron chi connectivity index (χ4n) is 4.21. The zero-order valence-corrected chi connectivity index (χ0v) is 30.7. The number of benzene rings is 2. The summed E-state index contributed by atoms with van der Waals surface area (Å²) in [5.74, 6) is -119. The molecule has 69 heavy (non-hydrogen) atoms. The number of ether oxygens (including phenoxy) is 3. The molecule has 4 N–H and O–H groups in total. The SMILES string of the molecule is Nc1ccc(Oc2ccc(N)c(OC(F)=C(F)C(F)(F)C(F)(F)C(F)(F)C(F)(F)C(F)(F)C(F)(F)C(F)(F)F)c2)cc1OC(F)=C(F)C(F)(F)C(F)(F)C(F)(F)C(F)(F)C(F)(F)C(F)(F)C(F)(F)F. The van der Waals surface area contributed by atoms with Gasteiger partial charge in [0, 0.05) is 12.1 Å². The van der Waals surface area contributed by atoms with Crippen molar-refractivity contribution in [1.29, 1.82) is 0 Å². The molecule has 2 aromatic carbocycles. The zero-order chi connectivity index (χ0) is 55.1. The molecule has 0 heterocycles. The maximum Gasteiger partial charge on any atom is 0.460 e. The van der Waals surface area contributed by atoms with E-state index in [-0.39, 0.29) is 24.3 Å². The molecule has 0 aromatic heterocycles. The maximum absolute atomic E-state index is 14.4. The van der Waals surface area contributed by atoms with Crippen molar-refractivity contribution in [2.75, 3.05) is 11.5 Å². The number of allylic oxidation sites excluding steroid dienone is 2. The van der Waals surface area contributed by atoms with E-state index in [0.29, 0.717) is 12.1 Å². The Morgan fingerprint density at radius 2 is 0.536 bits per heavy atom. The van der Waals surface area contributed by atoms with Crippen LogP contribution in [0.15, 0.2) is 60.1 Å². The van der Waals surface area contributed by atoms with Crippen molar-refractivity contribution >= 4 is 11.4 Å². The molecule has 2 rings (SSSR count). The number of anilines is 2. The van der Waals surface area contributed by atoms with Crippen molar-refractivity contribution in [1.82, 2.24) is 0 Å². The normalized spacial score (nSPS) is 16.0. The van der Waals surface area contributed by atoms with Gasteiger partial charge in [-0.05, 0) is 24.3 Å². The molecule has 0 atom stereocenters. The van der Waals surface area contributed by atoms with E-state index < -0.39 is 141 Å². The molecule has 0 aliphatic rings. The molecular weight excluding hydrogens is 1080 g/mol. The molecule has 39 heteroatoms. The Hall–Kier alpha value is -5.46. The van der Waals surface area contributed by atoms with Crippen molar-refractivity contribution in [3.63, 3.8) is 0 Å². The quantitative estimate of drug-likeness (QED) is 0.0883. The van der Waals surface area contributed by atoms with E-state index in [0.717, 1.165) is 0 Å². The van der Waals surface area contributed by atoms with Crippen LogP contribution in [0.2, 0.25) is 0 Å². The number of halogens is 34. The second-order valence-electron chi connectivity index (χ2n) is 12.8. The first kappa shape index (κ1) is 59.7. The van der Waals surface area contributed by atoms with Gasteiger partial charge in [0.25, 0.3) is 0 Å². The minimum absolute atomic E-state index is 0.134. The van der Waals surface area contributed by atoms with Crippen molar-refractivity contribution in [3.05, 3.63) is 60.1 Å². The fourth-order valence-corrected chi connectivity index (χ4v) is 4.21. The van der Waals surface area contributed by atoms with Crippen LogP contribution in [0.1, 0.15) is 0 Å². The van der Waals surface area contributed by atoms with Crippen molar-refractivity contribution < 1.29 is 163 Å². The van der Waals surface area contributed by atoms with E-state index >= 15 is 0 Å².